The summed E-state index contributed by atoms with van der Waals surface area (Å²) in [4.78, 5) is 12.5. The van der Waals surface area contributed by atoms with E-state index in [0.717, 1.165) is 12.8 Å². The van der Waals surface area contributed by atoms with Crippen molar-refractivity contribution in [1.82, 2.24) is 0 Å². The van der Waals surface area contributed by atoms with Gasteiger partial charge in [0.05, 0.1) is 11.7 Å². The van der Waals surface area contributed by atoms with E-state index in [2.05, 4.69) is 20.8 Å². The van der Waals surface area contributed by atoms with Gasteiger partial charge in [-0.05, 0) is 38.0 Å². The molecule has 0 amide bonds. The van der Waals surface area contributed by atoms with Gasteiger partial charge in [-0.15, -0.1) is 0 Å². The molecular formula is C15H24O4S. The van der Waals surface area contributed by atoms with Crippen molar-refractivity contribution < 1.29 is 17.4 Å². The van der Waals surface area contributed by atoms with Crippen LogP contribution in [-0.4, -0.2) is 21.7 Å². The Hall–Kier alpha value is -0.260. The van der Waals surface area contributed by atoms with Crippen LogP contribution >= 0.6 is 0 Å². The summed E-state index contributed by atoms with van der Waals surface area (Å²) in [5.41, 5.74) is -0.877. The Bertz CT molecular complexity index is 463. The summed E-state index contributed by atoms with van der Waals surface area (Å²) in [7, 11) is 0. The predicted octanol–water partition coefficient (Wildman–Crippen LogP) is 2.79. The highest BCUT2D eigenvalue weighted by Gasteiger charge is 2.64. The van der Waals surface area contributed by atoms with Crippen LogP contribution in [0.25, 0.3) is 0 Å². The zero-order valence-electron chi connectivity index (χ0n) is 12.7. The number of carbonyl (C=O) groups is 1. The molecule has 4 nitrogen and oxygen atoms in total. The summed E-state index contributed by atoms with van der Waals surface area (Å²) in [6, 6.07) is 0. The number of hydrogen-bond donors (Lipinski definition) is 0. The fraction of sp³-hybridized carbons (Fsp3) is 0.933. The van der Waals surface area contributed by atoms with Crippen molar-refractivity contribution in [2.75, 3.05) is 0 Å². The van der Waals surface area contributed by atoms with E-state index in [1.54, 1.807) is 0 Å². The van der Waals surface area contributed by atoms with Gasteiger partial charge in [0.2, 0.25) is 0 Å². The number of ketones is 1. The zero-order valence-corrected chi connectivity index (χ0v) is 13.5. The van der Waals surface area contributed by atoms with E-state index in [1.807, 2.05) is 6.92 Å². The van der Waals surface area contributed by atoms with Gasteiger partial charge in [0, 0.05) is 17.8 Å². The first-order valence-corrected chi connectivity index (χ1v) is 8.59. The average molecular weight is 300 g/mol. The van der Waals surface area contributed by atoms with Crippen molar-refractivity contribution in [3.8, 4) is 0 Å². The minimum Gasteiger partial charge on any atom is -0.299 e. The van der Waals surface area contributed by atoms with Crippen LogP contribution in [-0.2, 0) is 24.5 Å². The van der Waals surface area contributed by atoms with E-state index in [1.165, 1.54) is 0 Å². The minimum atomic E-state index is -1.69. The van der Waals surface area contributed by atoms with Gasteiger partial charge < -0.3 is 0 Å². The van der Waals surface area contributed by atoms with Gasteiger partial charge in [-0.2, -0.15) is 4.21 Å². The van der Waals surface area contributed by atoms with E-state index < -0.39 is 17.0 Å². The fourth-order valence-corrected chi connectivity index (χ4v) is 5.70. The Morgan fingerprint density at radius 3 is 2.65 bits per heavy atom. The average Bonchev–Trinajstić information content (AvgIpc) is 2.33. The third-order valence-corrected chi connectivity index (χ3v) is 6.78. The van der Waals surface area contributed by atoms with Gasteiger partial charge in [0.1, 0.15) is 5.78 Å². The number of rotatable bonds is 1. The molecule has 114 valence electrons. The molecule has 1 heterocycles. The molecule has 20 heavy (non-hydrogen) atoms. The molecule has 0 N–H and O–H groups in total. The summed E-state index contributed by atoms with van der Waals surface area (Å²) in [6.07, 6.45) is 2.92. The lowest BCUT2D eigenvalue weighted by Crippen LogP contribution is -2.66. The molecule has 2 aliphatic carbocycles. The molecule has 2 saturated carbocycles. The quantitative estimate of drug-likeness (QED) is 0.747. The Kier molecular flexibility index (Phi) is 3.39. The summed E-state index contributed by atoms with van der Waals surface area (Å²) >= 11 is -1.69. The van der Waals surface area contributed by atoms with Crippen LogP contribution in [0, 0.1) is 23.2 Å². The number of Topliss-reactive ketones (excluding diaryl/α,β-unsaturated/α-hetero) is 1. The lowest BCUT2D eigenvalue weighted by Gasteiger charge is -2.59. The zero-order chi connectivity index (χ0) is 14.7. The second-order valence-corrected chi connectivity index (χ2v) is 8.19. The third-order valence-electron chi connectivity index (χ3n) is 5.88. The molecule has 0 radical (unpaired) electrons. The van der Waals surface area contributed by atoms with Crippen molar-refractivity contribution >= 4 is 17.1 Å². The Morgan fingerprint density at radius 1 is 1.30 bits per heavy atom. The smallest absolute Gasteiger partial charge is 0.299 e. The number of carbonyl (C=O) groups excluding carboxylic acids is 1. The van der Waals surface area contributed by atoms with Crippen LogP contribution in [0.5, 0.6) is 0 Å². The summed E-state index contributed by atoms with van der Waals surface area (Å²) in [6.45, 7) is 8.43. The molecular weight excluding hydrogens is 276 g/mol. The largest absolute Gasteiger partial charge is 0.305 e. The van der Waals surface area contributed by atoms with Crippen molar-refractivity contribution in [1.29, 1.82) is 0 Å². The Morgan fingerprint density at radius 2 is 2.00 bits per heavy atom. The molecule has 3 aliphatic rings. The maximum atomic E-state index is 12.5. The molecule has 0 aromatic heterocycles. The maximum Gasteiger partial charge on any atom is 0.305 e. The van der Waals surface area contributed by atoms with Crippen LogP contribution in [0.4, 0.5) is 0 Å². The van der Waals surface area contributed by atoms with Gasteiger partial charge >= 0.3 is 11.4 Å². The predicted molar refractivity (Wildman–Crippen MR) is 75.9 cm³/mol. The maximum absolute atomic E-state index is 12.5. The molecule has 3 rings (SSSR count). The van der Waals surface area contributed by atoms with Crippen LogP contribution in [0.2, 0.25) is 0 Å². The van der Waals surface area contributed by atoms with E-state index in [-0.39, 0.29) is 17.4 Å². The SMILES string of the molecule is CC(C)[C@@H]1CC[C@@]2(C)C(=O)CC[C@]3(C)O[S@](=O)O[C@H]1C23. The topological polar surface area (TPSA) is 52.6 Å². The van der Waals surface area contributed by atoms with Gasteiger partial charge in [-0.1, -0.05) is 20.8 Å². The van der Waals surface area contributed by atoms with Crippen LogP contribution in [0.3, 0.4) is 0 Å². The molecule has 0 aromatic rings. The van der Waals surface area contributed by atoms with Crippen LogP contribution in [0.15, 0.2) is 0 Å². The standard InChI is InChI=1S/C15H24O4S/c1-9(2)10-5-7-14(3)11(16)6-8-15(4)13(14)12(10)18-20(17)19-15/h9-10,12-13H,5-8H2,1-4H3/t10-,12+,13?,14-,15-,20+/m0/s1. The van der Waals surface area contributed by atoms with Crippen LogP contribution < -0.4 is 0 Å². The third kappa shape index (κ3) is 1.93. The molecule has 1 unspecified atom stereocenters. The van der Waals surface area contributed by atoms with E-state index >= 15 is 0 Å². The molecule has 6 atom stereocenters. The second-order valence-electron chi connectivity index (χ2n) is 7.43. The van der Waals surface area contributed by atoms with E-state index in [0.29, 0.717) is 30.5 Å². The first-order chi connectivity index (χ1) is 9.28. The van der Waals surface area contributed by atoms with Crippen LogP contribution in [0.1, 0.15) is 53.4 Å². The summed E-state index contributed by atoms with van der Waals surface area (Å²) in [5.74, 6) is 1.16. The van der Waals surface area contributed by atoms with Crippen molar-refractivity contribution in [3.63, 3.8) is 0 Å². The van der Waals surface area contributed by atoms with Crippen molar-refractivity contribution in [2.45, 2.75) is 65.1 Å². The van der Waals surface area contributed by atoms with E-state index in [4.69, 9.17) is 8.37 Å². The monoisotopic (exact) mass is 300 g/mol. The Balaban J connectivity index is 2.06. The van der Waals surface area contributed by atoms with Gasteiger partial charge in [0.15, 0.2) is 0 Å². The fourth-order valence-electron chi connectivity index (χ4n) is 4.73. The molecule has 3 fully saturated rings. The molecule has 1 aliphatic heterocycles. The summed E-state index contributed by atoms with van der Waals surface area (Å²) in [5, 5.41) is 0. The highest BCUT2D eigenvalue weighted by atomic mass is 32.2. The van der Waals surface area contributed by atoms with Crippen molar-refractivity contribution in [2.24, 2.45) is 23.2 Å². The minimum absolute atomic E-state index is 0.0232. The van der Waals surface area contributed by atoms with E-state index in [9.17, 15) is 9.00 Å². The first kappa shape index (κ1) is 14.7. The molecule has 0 spiro atoms. The molecule has 0 aromatic carbocycles. The highest BCUT2D eigenvalue weighted by Crippen LogP contribution is 2.58. The summed E-state index contributed by atoms with van der Waals surface area (Å²) < 4.78 is 23.3. The van der Waals surface area contributed by atoms with Crippen molar-refractivity contribution in [3.05, 3.63) is 0 Å². The molecule has 1 saturated heterocycles. The first-order valence-electron chi connectivity index (χ1n) is 7.59. The number of hydrogen-bond acceptors (Lipinski definition) is 4. The molecule has 0 bridgehead atoms. The normalized spacial score (nSPS) is 52.0. The Labute approximate surface area is 123 Å². The lowest BCUT2D eigenvalue weighted by atomic mass is 9.51. The lowest BCUT2D eigenvalue weighted by molar-refractivity contribution is -0.193. The second kappa shape index (κ2) is 4.62. The van der Waals surface area contributed by atoms with Gasteiger partial charge in [-0.25, -0.2) is 0 Å². The highest BCUT2D eigenvalue weighted by molar-refractivity contribution is 7.75. The van der Waals surface area contributed by atoms with Gasteiger partial charge in [-0.3, -0.25) is 13.2 Å². The molecule has 5 heteroatoms. The van der Waals surface area contributed by atoms with Gasteiger partial charge in [0.25, 0.3) is 0 Å².